The lowest BCUT2D eigenvalue weighted by Crippen LogP contribution is -2.52. The number of hydrogen-bond donors (Lipinski definition) is 0. The summed E-state index contributed by atoms with van der Waals surface area (Å²) < 4.78 is 5.83. The predicted molar refractivity (Wildman–Crippen MR) is 103 cm³/mol. The Balaban J connectivity index is 1.80. The van der Waals surface area contributed by atoms with Gasteiger partial charge >= 0.3 is 5.97 Å². The summed E-state index contributed by atoms with van der Waals surface area (Å²) in [7, 11) is 0. The third-order valence-electron chi connectivity index (χ3n) is 7.85. The summed E-state index contributed by atoms with van der Waals surface area (Å²) in [5.74, 6) is 3.33. The van der Waals surface area contributed by atoms with Crippen molar-refractivity contribution in [2.75, 3.05) is 0 Å². The predicted octanol–water partition coefficient (Wildman–Crippen LogP) is 6.38. The van der Waals surface area contributed by atoms with Crippen LogP contribution in [0.3, 0.4) is 0 Å². The first-order valence-electron chi connectivity index (χ1n) is 11.0. The van der Waals surface area contributed by atoms with Crippen LogP contribution in [-0.2, 0) is 9.53 Å². The summed E-state index contributed by atoms with van der Waals surface area (Å²) in [6.45, 7) is 10.9. The molecule has 6 atom stereocenters. The van der Waals surface area contributed by atoms with Crippen molar-refractivity contribution < 1.29 is 9.53 Å². The van der Waals surface area contributed by atoms with E-state index < -0.39 is 0 Å². The van der Waals surface area contributed by atoms with Crippen LogP contribution >= 0.6 is 0 Å². The van der Waals surface area contributed by atoms with Gasteiger partial charge in [0.2, 0.25) is 0 Å². The van der Waals surface area contributed by atoms with E-state index in [0.717, 1.165) is 24.2 Å². The quantitative estimate of drug-likeness (QED) is 0.553. The van der Waals surface area contributed by atoms with Gasteiger partial charge in [-0.3, -0.25) is 4.79 Å². The smallest absolute Gasteiger partial charge is 0.309 e. The Kier molecular flexibility index (Phi) is 5.57. The second kappa shape index (κ2) is 7.24. The SMILES string of the molecule is CCCC1C(C(=O)OC(C)(C)C)CCC2C1CCC1CCCCC12C. The molecule has 3 fully saturated rings. The van der Waals surface area contributed by atoms with Crippen LogP contribution < -0.4 is 0 Å². The van der Waals surface area contributed by atoms with Crippen molar-refractivity contribution >= 4 is 5.97 Å². The molecule has 3 saturated carbocycles. The molecule has 0 aromatic rings. The van der Waals surface area contributed by atoms with Gasteiger partial charge in [0, 0.05) is 0 Å². The van der Waals surface area contributed by atoms with E-state index in [1.54, 1.807) is 0 Å². The highest BCUT2D eigenvalue weighted by Crippen LogP contribution is 2.61. The van der Waals surface area contributed by atoms with Gasteiger partial charge in [-0.2, -0.15) is 0 Å². The molecule has 0 spiro atoms. The van der Waals surface area contributed by atoms with Gasteiger partial charge in [-0.05, 0) is 94.8 Å². The van der Waals surface area contributed by atoms with Crippen LogP contribution in [-0.4, -0.2) is 11.6 Å². The number of ether oxygens (including phenoxy) is 1. The van der Waals surface area contributed by atoms with E-state index in [9.17, 15) is 4.79 Å². The van der Waals surface area contributed by atoms with E-state index in [2.05, 4.69) is 13.8 Å². The Morgan fingerprint density at radius 3 is 2.52 bits per heavy atom. The van der Waals surface area contributed by atoms with E-state index >= 15 is 0 Å². The molecule has 0 aromatic heterocycles. The maximum absolute atomic E-state index is 12.9. The van der Waals surface area contributed by atoms with Crippen LogP contribution in [0, 0.1) is 35.0 Å². The second-order valence-corrected chi connectivity index (χ2v) is 10.5. The van der Waals surface area contributed by atoms with Gasteiger partial charge in [0.05, 0.1) is 5.92 Å². The second-order valence-electron chi connectivity index (χ2n) is 10.5. The third-order valence-corrected chi connectivity index (χ3v) is 7.85. The molecule has 0 saturated heterocycles. The summed E-state index contributed by atoms with van der Waals surface area (Å²) in [6, 6.07) is 0. The highest BCUT2D eigenvalue weighted by atomic mass is 16.6. The lowest BCUT2D eigenvalue weighted by molar-refractivity contribution is -0.170. The molecule has 144 valence electrons. The molecule has 0 aromatic carbocycles. The van der Waals surface area contributed by atoms with Gasteiger partial charge in [0.15, 0.2) is 0 Å². The molecule has 2 heteroatoms. The van der Waals surface area contributed by atoms with Crippen LogP contribution in [0.2, 0.25) is 0 Å². The molecule has 6 unspecified atom stereocenters. The van der Waals surface area contributed by atoms with E-state index in [1.165, 1.54) is 57.8 Å². The van der Waals surface area contributed by atoms with Crippen LogP contribution in [0.4, 0.5) is 0 Å². The van der Waals surface area contributed by atoms with Crippen molar-refractivity contribution in [2.24, 2.45) is 35.0 Å². The zero-order chi connectivity index (χ0) is 18.2. The minimum atomic E-state index is -0.363. The van der Waals surface area contributed by atoms with Crippen molar-refractivity contribution in [1.82, 2.24) is 0 Å². The summed E-state index contributed by atoms with van der Waals surface area (Å²) in [5, 5.41) is 0. The van der Waals surface area contributed by atoms with E-state index in [4.69, 9.17) is 4.74 Å². The van der Waals surface area contributed by atoms with Crippen LogP contribution in [0.5, 0.6) is 0 Å². The topological polar surface area (TPSA) is 26.3 Å². The molecule has 0 N–H and O–H groups in total. The lowest BCUT2D eigenvalue weighted by atomic mass is 9.47. The minimum Gasteiger partial charge on any atom is -0.460 e. The molecule has 3 rings (SSSR count). The first kappa shape index (κ1) is 19.2. The molecule has 3 aliphatic rings. The minimum absolute atomic E-state index is 0.0836. The Morgan fingerprint density at radius 1 is 1.08 bits per heavy atom. The lowest BCUT2D eigenvalue weighted by Gasteiger charge is -2.58. The van der Waals surface area contributed by atoms with Gasteiger partial charge in [-0.25, -0.2) is 0 Å². The van der Waals surface area contributed by atoms with Gasteiger partial charge in [-0.15, -0.1) is 0 Å². The van der Waals surface area contributed by atoms with Crippen LogP contribution in [0.1, 0.15) is 98.8 Å². The molecule has 2 nitrogen and oxygen atoms in total. The largest absolute Gasteiger partial charge is 0.460 e. The van der Waals surface area contributed by atoms with Gasteiger partial charge in [-0.1, -0.05) is 33.1 Å². The summed E-state index contributed by atoms with van der Waals surface area (Å²) in [5.41, 5.74) is 0.184. The van der Waals surface area contributed by atoms with Gasteiger partial charge < -0.3 is 4.74 Å². The maximum atomic E-state index is 12.9. The van der Waals surface area contributed by atoms with Crippen molar-refractivity contribution in [2.45, 2.75) is 104 Å². The Labute approximate surface area is 155 Å². The van der Waals surface area contributed by atoms with E-state index in [-0.39, 0.29) is 17.5 Å². The molecule has 0 radical (unpaired) electrons. The Bertz CT molecular complexity index is 477. The number of hydrogen-bond acceptors (Lipinski definition) is 2. The average Bonchev–Trinajstić information content (AvgIpc) is 2.53. The standard InChI is InChI=1S/C23H40O2/c1-6-9-17-18-12-11-16-10-7-8-15-23(16,5)20(18)14-13-19(17)21(24)25-22(2,3)4/h16-20H,6-15H2,1-5H3. The number of rotatable bonds is 3. The monoisotopic (exact) mass is 348 g/mol. The Morgan fingerprint density at radius 2 is 1.84 bits per heavy atom. The molecular formula is C23H40O2. The number of carbonyl (C=O) groups is 1. The average molecular weight is 349 g/mol. The van der Waals surface area contributed by atoms with Crippen LogP contribution in [0.25, 0.3) is 0 Å². The highest BCUT2D eigenvalue weighted by Gasteiger charge is 2.54. The first-order valence-corrected chi connectivity index (χ1v) is 11.0. The molecule has 0 heterocycles. The summed E-state index contributed by atoms with van der Waals surface area (Å²) >= 11 is 0. The molecule has 0 bridgehead atoms. The van der Waals surface area contributed by atoms with Crippen molar-refractivity contribution in [3.05, 3.63) is 0 Å². The van der Waals surface area contributed by atoms with Crippen molar-refractivity contribution in [3.63, 3.8) is 0 Å². The van der Waals surface area contributed by atoms with Crippen LogP contribution in [0.15, 0.2) is 0 Å². The highest BCUT2D eigenvalue weighted by molar-refractivity contribution is 5.73. The zero-order valence-electron chi connectivity index (χ0n) is 17.3. The van der Waals surface area contributed by atoms with E-state index in [0.29, 0.717) is 11.3 Å². The number of esters is 1. The molecular weight excluding hydrogens is 308 g/mol. The normalized spacial score (nSPS) is 41.6. The number of carbonyl (C=O) groups excluding carboxylic acids is 1. The fraction of sp³-hybridized carbons (Fsp3) is 0.957. The van der Waals surface area contributed by atoms with Gasteiger partial charge in [0.1, 0.15) is 5.60 Å². The Hall–Kier alpha value is -0.530. The fourth-order valence-corrected chi connectivity index (χ4v) is 6.82. The molecule has 25 heavy (non-hydrogen) atoms. The van der Waals surface area contributed by atoms with Gasteiger partial charge in [0.25, 0.3) is 0 Å². The van der Waals surface area contributed by atoms with Crippen molar-refractivity contribution in [3.8, 4) is 0 Å². The number of fused-ring (bicyclic) bond motifs is 3. The van der Waals surface area contributed by atoms with E-state index in [1.807, 2.05) is 20.8 Å². The summed E-state index contributed by atoms with van der Waals surface area (Å²) in [6.07, 6.45) is 13.2. The summed E-state index contributed by atoms with van der Waals surface area (Å²) in [4.78, 5) is 12.9. The molecule has 3 aliphatic carbocycles. The molecule has 0 amide bonds. The molecule has 0 aliphatic heterocycles. The maximum Gasteiger partial charge on any atom is 0.309 e. The zero-order valence-corrected chi connectivity index (χ0v) is 17.3. The first-order chi connectivity index (χ1) is 11.8. The third kappa shape index (κ3) is 3.78. The fourth-order valence-electron chi connectivity index (χ4n) is 6.82. The van der Waals surface area contributed by atoms with Crippen molar-refractivity contribution in [1.29, 1.82) is 0 Å².